The lowest BCUT2D eigenvalue weighted by molar-refractivity contribution is -0.133. The first-order chi connectivity index (χ1) is 10.5. The van der Waals surface area contributed by atoms with E-state index in [4.69, 9.17) is 11.6 Å². The second kappa shape index (κ2) is 7.42. The van der Waals surface area contributed by atoms with Gasteiger partial charge in [0, 0.05) is 19.0 Å². The Kier molecular flexibility index (Phi) is 5.57. The number of rotatable bonds is 5. The molecule has 0 fully saturated rings. The lowest BCUT2D eigenvalue weighted by atomic mass is 10.0. The number of benzene rings is 1. The molecular formula is C16H17ClN2O2S. The minimum Gasteiger partial charge on any atom is -0.344 e. The van der Waals surface area contributed by atoms with Gasteiger partial charge in [0.1, 0.15) is 0 Å². The molecular weight excluding hydrogens is 320 g/mol. The lowest BCUT2D eigenvalue weighted by Crippen LogP contribution is -2.39. The summed E-state index contributed by atoms with van der Waals surface area (Å²) in [7, 11) is 1.60. The van der Waals surface area contributed by atoms with E-state index in [1.807, 2.05) is 29.0 Å². The van der Waals surface area contributed by atoms with Gasteiger partial charge in [-0.1, -0.05) is 23.7 Å². The highest BCUT2D eigenvalue weighted by Crippen LogP contribution is 2.25. The largest absolute Gasteiger partial charge is 0.344 e. The van der Waals surface area contributed by atoms with Crippen molar-refractivity contribution in [1.29, 1.82) is 0 Å². The fourth-order valence-corrected chi connectivity index (χ4v) is 2.80. The molecule has 1 heterocycles. The maximum atomic E-state index is 12.2. The van der Waals surface area contributed by atoms with Crippen molar-refractivity contribution in [2.45, 2.75) is 13.0 Å². The van der Waals surface area contributed by atoms with Gasteiger partial charge in [-0.3, -0.25) is 9.59 Å². The molecule has 0 spiro atoms. The quantitative estimate of drug-likeness (QED) is 0.912. The zero-order valence-corrected chi connectivity index (χ0v) is 13.9. The third-order valence-electron chi connectivity index (χ3n) is 3.30. The first-order valence-corrected chi connectivity index (χ1v) is 8.08. The normalized spacial score (nSPS) is 11.8. The summed E-state index contributed by atoms with van der Waals surface area (Å²) in [4.78, 5) is 24.8. The van der Waals surface area contributed by atoms with Crippen LogP contribution in [0.2, 0.25) is 5.02 Å². The highest BCUT2D eigenvalue weighted by atomic mass is 35.5. The molecule has 0 aliphatic heterocycles. The van der Waals surface area contributed by atoms with E-state index in [-0.39, 0.29) is 24.4 Å². The minimum atomic E-state index is -0.253. The van der Waals surface area contributed by atoms with Gasteiger partial charge in [-0.25, -0.2) is 0 Å². The Bertz CT molecular complexity index is 641. The summed E-state index contributed by atoms with van der Waals surface area (Å²) in [5.41, 5.74) is 1.95. The number of nitrogens with one attached hydrogen (secondary N) is 1. The first kappa shape index (κ1) is 16.5. The van der Waals surface area contributed by atoms with Crippen molar-refractivity contribution in [3.8, 4) is 0 Å². The molecule has 2 rings (SSSR count). The van der Waals surface area contributed by atoms with Crippen LogP contribution in [0.5, 0.6) is 0 Å². The van der Waals surface area contributed by atoms with E-state index in [1.54, 1.807) is 30.5 Å². The molecule has 1 atom stereocenters. The molecule has 0 aliphatic rings. The molecule has 22 heavy (non-hydrogen) atoms. The van der Waals surface area contributed by atoms with Crippen molar-refractivity contribution < 1.29 is 9.59 Å². The van der Waals surface area contributed by atoms with Gasteiger partial charge >= 0.3 is 0 Å². The Morgan fingerprint density at radius 3 is 2.45 bits per heavy atom. The number of hydrogen-bond acceptors (Lipinski definition) is 3. The molecule has 1 N–H and O–H groups in total. The van der Waals surface area contributed by atoms with Crippen LogP contribution >= 0.6 is 22.9 Å². The number of nitrogens with zero attached hydrogens (tertiary/aromatic N) is 1. The third-order valence-corrected chi connectivity index (χ3v) is 4.26. The van der Waals surface area contributed by atoms with Crippen molar-refractivity contribution in [3.63, 3.8) is 0 Å². The Labute approximate surface area is 138 Å². The van der Waals surface area contributed by atoms with Crippen molar-refractivity contribution in [2.24, 2.45) is 0 Å². The molecule has 2 aromatic rings. The van der Waals surface area contributed by atoms with Crippen LogP contribution < -0.4 is 5.32 Å². The number of amides is 2. The van der Waals surface area contributed by atoms with E-state index in [2.05, 4.69) is 5.32 Å². The van der Waals surface area contributed by atoms with E-state index in [9.17, 15) is 9.59 Å². The van der Waals surface area contributed by atoms with E-state index in [0.717, 1.165) is 11.1 Å². The van der Waals surface area contributed by atoms with Crippen LogP contribution in [0.25, 0.3) is 0 Å². The fourth-order valence-electron chi connectivity index (χ4n) is 1.99. The lowest BCUT2D eigenvalue weighted by Gasteiger charge is -2.21. The molecule has 0 aliphatic carbocycles. The van der Waals surface area contributed by atoms with E-state index >= 15 is 0 Å². The topological polar surface area (TPSA) is 49.4 Å². The molecule has 0 radical (unpaired) electrons. The number of carbonyl (C=O) groups is 2. The van der Waals surface area contributed by atoms with Gasteiger partial charge < -0.3 is 10.2 Å². The van der Waals surface area contributed by atoms with Crippen LogP contribution in [0.3, 0.4) is 0 Å². The molecule has 1 aromatic heterocycles. The average Bonchev–Trinajstić information content (AvgIpc) is 2.99. The molecule has 0 saturated carbocycles. The monoisotopic (exact) mass is 336 g/mol. The highest BCUT2D eigenvalue weighted by Gasteiger charge is 2.18. The van der Waals surface area contributed by atoms with Crippen LogP contribution in [0.4, 0.5) is 0 Å². The molecule has 2 amide bonds. The van der Waals surface area contributed by atoms with Crippen molar-refractivity contribution in [2.75, 3.05) is 13.6 Å². The summed E-state index contributed by atoms with van der Waals surface area (Å²) in [5, 5.41) is 7.58. The number of likely N-dealkylation sites (N-methyl/N-ethyl adjacent to an activating group) is 1. The minimum absolute atomic E-state index is 0.0313. The average molecular weight is 337 g/mol. The summed E-state index contributed by atoms with van der Waals surface area (Å²) < 4.78 is 0. The van der Waals surface area contributed by atoms with Gasteiger partial charge in [-0.2, -0.15) is 11.3 Å². The Balaban J connectivity index is 2.17. The van der Waals surface area contributed by atoms with Crippen LogP contribution in [-0.2, 0) is 9.59 Å². The Hall–Kier alpha value is -1.85. The van der Waals surface area contributed by atoms with Gasteiger partial charge in [-0.05, 0) is 40.1 Å². The van der Waals surface area contributed by atoms with Crippen molar-refractivity contribution >= 4 is 34.8 Å². The fraction of sp³-hybridized carbons (Fsp3) is 0.250. The van der Waals surface area contributed by atoms with Crippen molar-refractivity contribution in [3.05, 3.63) is 57.2 Å². The summed E-state index contributed by atoms with van der Waals surface area (Å²) in [6.45, 7) is 1.46. The van der Waals surface area contributed by atoms with E-state index in [1.165, 1.54) is 11.8 Å². The summed E-state index contributed by atoms with van der Waals surface area (Å²) >= 11 is 7.49. The summed E-state index contributed by atoms with van der Waals surface area (Å²) in [6.07, 6.45) is 0. The smallest absolute Gasteiger partial charge is 0.240 e. The zero-order valence-electron chi connectivity index (χ0n) is 12.4. The molecule has 0 unspecified atom stereocenters. The maximum absolute atomic E-state index is 12.2. The van der Waals surface area contributed by atoms with Crippen LogP contribution in [0.15, 0.2) is 41.1 Å². The zero-order chi connectivity index (χ0) is 16.1. The molecule has 0 bridgehead atoms. The van der Waals surface area contributed by atoms with Gasteiger partial charge in [0.2, 0.25) is 11.8 Å². The summed E-state index contributed by atoms with van der Waals surface area (Å²) in [5.74, 6) is -0.349. The van der Waals surface area contributed by atoms with Gasteiger partial charge in [0.25, 0.3) is 0 Å². The molecule has 4 nitrogen and oxygen atoms in total. The van der Waals surface area contributed by atoms with Crippen LogP contribution in [-0.4, -0.2) is 30.3 Å². The van der Waals surface area contributed by atoms with E-state index < -0.39 is 0 Å². The van der Waals surface area contributed by atoms with E-state index in [0.29, 0.717) is 5.02 Å². The predicted octanol–water partition coefficient (Wildman–Crippen LogP) is 3.09. The number of halogens is 1. The number of thiophene rings is 1. The third kappa shape index (κ3) is 4.32. The van der Waals surface area contributed by atoms with Crippen LogP contribution in [0.1, 0.15) is 24.1 Å². The number of carbonyl (C=O) groups excluding carboxylic acids is 2. The summed E-state index contributed by atoms with van der Waals surface area (Å²) in [6, 6.07) is 9.09. The second-order valence-corrected chi connectivity index (χ2v) is 6.20. The van der Waals surface area contributed by atoms with Crippen molar-refractivity contribution in [1.82, 2.24) is 10.2 Å². The highest BCUT2D eigenvalue weighted by molar-refractivity contribution is 7.08. The van der Waals surface area contributed by atoms with Gasteiger partial charge in [0.15, 0.2) is 0 Å². The Morgan fingerprint density at radius 1 is 1.23 bits per heavy atom. The number of hydrogen-bond donors (Lipinski definition) is 1. The SMILES string of the molecule is CC(=O)N(C)CC(=O)N[C@H](c1ccc(Cl)cc1)c1ccsc1. The maximum Gasteiger partial charge on any atom is 0.240 e. The molecule has 6 heteroatoms. The molecule has 1 aromatic carbocycles. The van der Waals surface area contributed by atoms with Gasteiger partial charge in [-0.15, -0.1) is 0 Å². The van der Waals surface area contributed by atoms with Gasteiger partial charge in [0.05, 0.1) is 12.6 Å². The predicted molar refractivity (Wildman–Crippen MR) is 89.1 cm³/mol. The standard InChI is InChI=1S/C16H17ClN2O2S/c1-11(20)19(2)9-15(21)18-16(13-7-8-22-10-13)12-3-5-14(17)6-4-12/h3-8,10,16H,9H2,1-2H3,(H,18,21)/t16-/m1/s1. The van der Waals surface area contributed by atoms with Crippen LogP contribution in [0, 0.1) is 0 Å². The molecule has 0 saturated heterocycles. The second-order valence-electron chi connectivity index (χ2n) is 4.98. The molecule has 116 valence electrons. The Morgan fingerprint density at radius 2 is 1.91 bits per heavy atom. The first-order valence-electron chi connectivity index (χ1n) is 6.76.